The van der Waals surface area contributed by atoms with Gasteiger partial charge in [-0.15, -0.1) is 0 Å². The number of carboxylic acids is 1. The number of carboxylic acid groups (broad SMARTS) is 1. The molecule has 1 aromatic heterocycles. The summed E-state index contributed by atoms with van der Waals surface area (Å²) in [6.45, 7) is 0. The number of pyridine rings is 1. The molecule has 124 valence electrons. The van der Waals surface area contributed by atoms with Crippen LogP contribution in [0, 0.1) is 0 Å². The molecule has 0 spiro atoms. The molecule has 6 nitrogen and oxygen atoms in total. The Morgan fingerprint density at radius 3 is 2.40 bits per heavy atom. The second-order valence-electron chi connectivity index (χ2n) is 5.28. The SMILES string of the molecule is O=C(O)/C=C/c1ccc(N=Cc2c(O)[nH]c(=O)c3ccccc23)cc1. The Hall–Kier alpha value is -3.67. The fourth-order valence-electron chi connectivity index (χ4n) is 2.39. The van der Waals surface area contributed by atoms with Crippen molar-refractivity contribution >= 4 is 34.7 Å². The average molecular weight is 334 g/mol. The maximum Gasteiger partial charge on any atom is 0.328 e. The molecule has 0 saturated heterocycles. The number of H-pyrrole nitrogens is 1. The zero-order valence-corrected chi connectivity index (χ0v) is 13.0. The Morgan fingerprint density at radius 1 is 1.04 bits per heavy atom. The fourth-order valence-corrected chi connectivity index (χ4v) is 2.39. The predicted molar refractivity (Wildman–Crippen MR) is 96.6 cm³/mol. The van der Waals surface area contributed by atoms with E-state index in [4.69, 9.17) is 5.11 Å². The van der Waals surface area contributed by atoms with E-state index in [9.17, 15) is 14.7 Å². The van der Waals surface area contributed by atoms with Crippen molar-refractivity contribution in [1.82, 2.24) is 4.98 Å². The summed E-state index contributed by atoms with van der Waals surface area (Å²) in [5.74, 6) is -1.25. The number of rotatable bonds is 4. The number of nitrogens with zero attached hydrogens (tertiary/aromatic N) is 1. The number of aromatic nitrogens is 1. The minimum Gasteiger partial charge on any atom is -0.494 e. The maximum absolute atomic E-state index is 11.9. The molecular weight excluding hydrogens is 320 g/mol. The molecule has 2 aromatic carbocycles. The van der Waals surface area contributed by atoms with Crippen molar-refractivity contribution in [2.24, 2.45) is 4.99 Å². The van der Waals surface area contributed by atoms with E-state index in [2.05, 4.69) is 9.98 Å². The summed E-state index contributed by atoms with van der Waals surface area (Å²) in [4.78, 5) is 29.1. The molecule has 0 aliphatic carbocycles. The molecular formula is C19H14N2O4. The molecule has 0 radical (unpaired) electrons. The van der Waals surface area contributed by atoms with Gasteiger partial charge in [-0.2, -0.15) is 0 Å². The molecule has 25 heavy (non-hydrogen) atoms. The summed E-state index contributed by atoms with van der Waals surface area (Å²) in [7, 11) is 0. The van der Waals surface area contributed by atoms with Gasteiger partial charge in [0.05, 0.1) is 11.3 Å². The van der Waals surface area contributed by atoms with E-state index in [0.717, 1.165) is 11.6 Å². The smallest absolute Gasteiger partial charge is 0.328 e. The first-order valence-corrected chi connectivity index (χ1v) is 7.44. The number of aliphatic imine (C=N–C) groups is 1. The topological polar surface area (TPSA) is 103 Å². The van der Waals surface area contributed by atoms with E-state index in [-0.39, 0.29) is 11.4 Å². The molecule has 1 heterocycles. The van der Waals surface area contributed by atoms with Gasteiger partial charge in [0.2, 0.25) is 5.88 Å². The first-order chi connectivity index (χ1) is 12.0. The fraction of sp³-hybridized carbons (Fsp3) is 0. The van der Waals surface area contributed by atoms with Gasteiger partial charge >= 0.3 is 5.97 Å². The van der Waals surface area contributed by atoms with Gasteiger partial charge in [-0.3, -0.25) is 14.8 Å². The van der Waals surface area contributed by atoms with Crippen LogP contribution in [-0.4, -0.2) is 27.4 Å². The van der Waals surface area contributed by atoms with Crippen LogP contribution in [0.15, 0.2) is 64.4 Å². The van der Waals surface area contributed by atoms with Crippen molar-refractivity contribution in [3.8, 4) is 5.88 Å². The molecule has 0 fully saturated rings. The van der Waals surface area contributed by atoms with Gasteiger partial charge in [-0.05, 0) is 29.8 Å². The van der Waals surface area contributed by atoms with Crippen LogP contribution >= 0.6 is 0 Å². The van der Waals surface area contributed by atoms with Crippen LogP contribution in [0.3, 0.4) is 0 Å². The minimum absolute atomic E-state index is 0.242. The molecule has 0 atom stereocenters. The third-order valence-electron chi connectivity index (χ3n) is 3.60. The molecule has 0 saturated carbocycles. The van der Waals surface area contributed by atoms with Crippen molar-refractivity contribution in [3.05, 3.63) is 76.1 Å². The Bertz CT molecular complexity index is 1050. The molecule has 3 aromatic rings. The lowest BCUT2D eigenvalue weighted by atomic mass is 10.1. The normalized spacial score (nSPS) is 11.5. The van der Waals surface area contributed by atoms with Crippen molar-refractivity contribution in [3.63, 3.8) is 0 Å². The maximum atomic E-state index is 11.9. The zero-order chi connectivity index (χ0) is 17.8. The number of aliphatic carboxylic acids is 1. The van der Waals surface area contributed by atoms with Crippen LogP contribution in [0.1, 0.15) is 11.1 Å². The van der Waals surface area contributed by atoms with E-state index in [1.165, 1.54) is 12.3 Å². The van der Waals surface area contributed by atoms with Gasteiger partial charge in [0.25, 0.3) is 5.56 Å². The second-order valence-corrected chi connectivity index (χ2v) is 5.28. The quantitative estimate of drug-likeness (QED) is 0.504. The van der Waals surface area contributed by atoms with E-state index in [0.29, 0.717) is 22.0 Å². The lowest BCUT2D eigenvalue weighted by molar-refractivity contribution is -0.131. The number of benzene rings is 2. The number of carbonyl (C=O) groups is 1. The summed E-state index contributed by atoms with van der Waals surface area (Å²) >= 11 is 0. The molecule has 6 heteroatoms. The Balaban J connectivity index is 1.94. The first kappa shape index (κ1) is 16.2. The van der Waals surface area contributed by atoms with Crippen LogP contribution in [0.25, 0.3) is 16.8 Å². The summed E-state index contributed by atoms with van der Waals surface area (Å²) in [5.41, 5.74) is 1.42. The molecule has 0 unspecified atom stereocenters. The van der Waals surface area contributed by atoms with Crippen LogP contribution < -0.4 is 5.56 Å². The highest BCUT2D eigenvalue weighted by molar-refractivity contribution is 6.01. The van der Waals surface area contributed by atoms with Gasteiger partial charge in [0.15, 0.2) is 0 Å². The van der Waals surface area contributed by atoms with Gasteiger partial charge in [0.1, 0.15) is 0 Å². The largest absolute Gasteiger partial charge is 0.494 e. The van der Waals surface area contributed by atoms with E-state index in [1.807, 2.05) is 0 Å². The summed E-state index contributed by atoms with van der Waals surface area (Å²) < 4.78 is 0. The molecule has 0 bridgehead atoms. The molecule has 0 aliphatic rings. The number of hydrogen-bond acceptors (Lipinski definition) is 4. The number of aromatic amines is 1. The summed E-state index contributed by atoms with van der Waals surface area (Å²) in [5, 5.41) is 19.7. The highest BCUT2D eigenvalue weighted by Gasteiger charge is 2.08. The third kappa shape index (κ3) is 3.64. The highest BCUT2D eigenvalue weighted by atomic mass is 16.4. The first-order valence-electron chi connectivity index (χ1n) is 7.44. The number of fused-ring (bicyclic) bond motifs is 1. The number of hydrogen-bond donors (Lipinski definition) is 3. The van der Waals surface area contributed by atoms with Gasteiger partial charge in [-0.25, -0.2) is 4.79 Å². The van der Waals surface area contributed by atoms with Crippen LogP contribution in [0.5, 0.6) is 5.88 Å². The molecule has 0 amide bonds. The van der Waals surface area contributed by atoms with E-state index >= 15 is 0 Å². The lowest BCUT2D eigenvalue weighted by Crippen LogP contribution is -2.07. The van der Waals surface area contributed by atoms with E-state index < -0.39 is 5.97 Å². The van der Waals surface area contributed by atoms with Crippen molar-refractivity contribution in [2.45, 2.75) is 0 Å². The Morgan fingerprint density at radius 2 is 1.72 bits per heavy atom. The number of nitrogens with one attached hydrogen (secondary N) is 1. The highest BCUT2D eigenvalue weighted by Crippen LogP contribution is 2.22. The van der Waals surface area contributed by atoms with Gasteiger partial charge in [0, 0.05) is 23.1 Å². The molecule has 3 rings (SSSR count). The Kier molecular flexibility index (Phi) is 4.43. The van der Waals surface area contributed by atoms with Gasteiger partial charge < -0.3 is 10.2 Å². The summed E-state index contributed by atoms with van der Waals surface area (Å²) in [6, 6.07) is 13.9. The summed E-state index contributed by atoms with van der Waals surface area (Å²) in [6.07, 6.45) is 4.02. The molecule has 0 aliphatic heterocycles. The molecule has 3 N–H and O–H groups in total. The Labute approximate surface area is 142 Å². The van der Waals surface area contributed by atoms with Crippen LogP contribution in [0.2, 0.25) is 0 Å². The third-order valence-corrected chi connectivity index (χ3v) is 3.60. The van der Waals surface area contributed by atoms with E-state index in [1.54, 1.807) is 48.5 Å². The monoisotopic (exact) mass is 334 g/mol. The van der Waals surface area contributed by atoms with Crippen molar-refractivity contribution in [1.29, 1.82) is 0 Å². The van der Waals surface area contributed by atoms with Gasteiger partial charge in [-0.1, -0.05) is 30.3 Å². The van der Waals surface area contributed by atoms with Crippen LogP contribution in [0.4, 0.5) is 5.69 Å². The van der Waals surface area contributed by atoms with Crippen molar-refractivity contribution < 1.29 is 15.0 Å². The van der Waals surface area contributed by atoms with Crippen LogP contribution in [-0.2, 0) is 4.79 Å². The average Bonchev–Trinajstić information content (AvgIpc) is 2.61. The predicted octanol–water partition coefficient (Wildman–Crippen LogP) is 3.08. The standard InChI is InChI=1S/C19H14N2O4/c22-17(23)10-7-12-5-8-13(9-6-12)20-11-16-14-3-1-2-4-15(14)18(24)21-19(16)25/h1-11H,(H,22,23)(H2,21,24,25)/b10-7+,20-11?. The lowest BCUT2D eigenvalue weighted by Gasteiger charge is -2.04. The van der Waals surface area contributed by atoms with Crippen molar-refractivity contribution in [2.75, 3.05) is 0 Å². The minimum atomic E-state index is -1.01. The second kappa shape index (κ2) is 6.84. The zero-order valence-electron chi connectivity index (χ0n) is 13.0. The number of aromatic hydroxyl groups is 1.